The third-order valence-electron chi connectivity index (χ3n) is 5.60. The van der Waals surface area contributed by atoms with E-state index in [1.807, 2.05) is 13.0 Å². The van der Waals surface area contributed by atoms with E-state index in [1.54, 1.807) is 22.7 Å². The molecule has 0 spiro atoms. The first-order valence-corrected chi connectivity index (χ1v) is 10.6. The molecule has 1 unspecified atom stereocenters. The number of fused-ring (bicyclic) bond motifs is 1. The normalized spacial score (nSPS) is 15.5. The number of hydrogen-bond acceptors (Lipinski definition) is 6. The Labute approximate surface area is 185 Å². The van der Waals surface area contributed by atoms with Gasteiger partial charge in [-0.25, -0.2) is 9.37 Å². The average Bonchev–Trinajstić information content (AvgIpc) is 3.23. The number of rotatable bonds is 6. The molecule has 1 saturated heterocycles. The molecule has 0 radical (unpaired) electrons. The number of nitrogens with zero attached hydrogens (tertiary/aromatic N) is 5. The minimum absolute atomic E-state index is 0.0372. The third kappa shape index (κ3) is 4.84. The lowest BCUT2D eigenvalue weighted by atomic mass is 10.0. The molecule has 10 heteroatoms. The van der Waals surface area contributed by atoms with E-state index in [1.165, 1.54) is 19.3 Å². The van der Waals surface area contributed by atoms with E-state index in [9.17, 15) is 14.0 Å². The number of nitrogens with one attached hydrogen (secondary N) is 2. The Hall–Kier alpha value is -3.56. The van der Waals surface area contributed by atoms with Gasteiger partial charge in [0.25, 0.3) is 5.78 Å². The molecule has 1 aliphatic heterocycles. The Morgan fingerprint density at radius 2 is 2.00 bits per heavy atom. The Kier molecular flexibility index (Phi) is 6.29. The maximum absolute atomic E-state index is 14.1. The van der Waals surface area contributed by atoms with Crippen molar-refractivity contribution in [3.8, 4) is 0 Å². The van der Waals surface area contributed by atoms with Gasteiger partial charge in [0.1, 0.15) is 24.0 Å². The fraction of sp³-hybridized carbons (Fsp3) is 0.409. The van der Waals surface area contributed by atoms with E-state index < -0.39 is 11.9 Å². The number of carbonyl (C=O) groups is 2. The molecule has 0 aliphatic carbocycles. The summed E-state index contributed by atoms with van der Waals surface area (Å²) in [7, 11) is 0. The molecule has 0 bridgehead atoms. The smallest absolute Gasteiger partial charge is 0.254 e. The van der Waals surface area contributed by atoms with Gasteiger partial charge in [-0.2, -0.15) is 14.6 Å². The van der Waals surface area contributed by atoms with Crippen LogP contribution in [-0.2, 0) is 16.0 Å². The highest BCUT2D eigenvalue weighted by Crippen LogP contribution is 2.21. The largest absolute Gasteiger partial charge is 0.356 e. The van der Waals surface area contributed by atoms with Crippen molar-refractivity contribution in [1.29, 1.82) is 0 Å². The van der Waals surface area contributed by atoms with E-state index >= 15 is 0 Å². The van der Waals surface area contributed by atoms with Crippen LogP contribution in [0.3, 0.4) is 0 Å². The van der Waals surface area contributed by atoms with Crippen LogP contribution in [0.1, 0.15) is 31.0 Å². The number of amides is 2. The molecule has 1 aromatic carbocycles. The fourth-order valence-electron chi connectivity index (χ4n) is 4.03. The summed E-state index contributed by atoms with van der Waals surface area (Å²) < 4.78 is 15.8. The zero-order valence-electron chi connectivity index (χ0n) is 18.1. The number of halogens is 1. The second-order valence-electron chi connectivity index (χ2n) is 8.05. The van der Waals surface area contributed by atoms with Crippen molar-refractivity contribution in [2.24, 2.45) is 0 Å². The van der Waals surface area contributed by atoms with Crippen molar-refractivity contribution >= 4 is 23.4 Å². The van der Waals surface area contributed by atoms with Crippen LogP contribution >= 0.6 is 0 Å². The van der Waals surface area contributed by atoms with Crippen LogP contribution in [0.5, 0.6) is 0 Å². The Balaban J connectivity index is 1.39. The van der Waals surface area contributed by atoms with E-state index in [0.29, 0.717) is 11.3 Å². The number of anilines is 1. The van der Waals surface area contributed by atoms with Gasteiger partial charge in [-0.05, 0) is 31.4 Å². The topological polar surface area (TPSA) is 105 Å². The molecule has 4 rings (SSSR count). The van der Waals surface area contributed by atoms with Gasteiger partial charge in [0.15, 0.2) is 0 Å². The quantitative estimate of drug-likeness (QED) is 0.602. The summed E-state index contributed by atoms with van der Waals surface area (Å²) in [4.78, 5) is 35.3. The van der Waals surface area contributed by atoms with Gasteiger partial charge in [-0.15, -0.1) is 0 Å². The van der Waals surface area contributed by atoms with E-state index in [-0.39, 0.29) is 24.3 Å². The predicted octanol–water partition coefficient (Wildman–Crippen LogP) is 1.40. The molecule has 9 nitrogen and oxygen atoms in total. The van der Waals surface area contributed by atoms with Crippen LogP contribution in [0.25, 0.3) is 5.78 Å². The highest BCUT2D eigenvalue weighted by Gasteiger charge is 2.27. The van der Waals surface area contributed by atoms with Crippen LogP contribution in [0, 0.1) is 12.7 Å². The highest BCUT2D eigenvalue weighted by atomic mass is 19.1. The Morgan fingerprint density at radius 1 is 1.25 bits per heavy atom. The first kappa shape index (κ1) is 21.7. The standard InChI is InChI=1S/C22H26FN7O2/c1-14-11-20(30-22(26-14)24-13-25-30)29-9-7-17(8-10-29)28-21(32)19(27-15(2)31)12-16-5-3-4-6-18(16)23/h3-6,11,13,17,19H,7-10,12H2,1-2H3,(H,27,31)(H,28,32). The molecule has 0 saturated carbocycles. The predicted molar refractivity (Wildman–Crippen MR) is 117 cm³/mol. The summed E-state index contributed by atoms with van der Waals surface area (Å²) in [5, 5.41) is 9.94. The molecule has 3 heterocycles. The summed E-state index contributed by atoms with van der Waals surface area (Å²) in [6.45, 7) is 4.72. The van der Waals surface area contributed by atoms with Gasteiger partial charge in [0.2, 0.25) is 11.8 Å². The number of carbonyl (C=O) groups excluding carboxylic acids is 2. The van der Waals surface area contributed by atoms with Gasteiger partial charge >= 0.3 is 0 Å². The Morgan fingerprint density at radius 3 is 2.72 bits per heavy atom. The summed E-state index contributed by atoms with van der Waals surface area (Å²) in [6.07, 6.45) is 3.04. The van der Waals surface area contributed by atoms with Crippen molar-refractivity contribution in [1.82, 2.24) is 30.2 Å². The van der Waals surface area contributed by atoms with Crippen molar-refractivity contribution in [3.05, 3.63) is 53.7 Å². The van der Waals surface area contributed by atoms with E-state index in [0.717, 1.165) is 37.4 Å². The van der Waals surface area contributed by atoms with Gasteiger partial charge in [0.05, 0.1) is 0 Å². The summed E-state index contributed by atoms with van der Waals surface area (Å²) >= 11 is 0. The molecule has 1 fully saturated rings. The zero-order chi connectivity index (χ0) is 22.7. The number of aromatic nitrogens is 4. The first-order chi connectivity index (χ1) is 15.4. The molecule has 2 aromatic heterocycles. The van der Waals surface area contributed by atoms with Gasteiger partial charge in [-0.3, -0.25) is 9.59 Å². The SMILES string of the molecule is CC(=O)NC(Cc1ccccc1F)C(=O)NC1CCN(c2cc(C)nc3ncnn23)CC1. The van der Waals surface area contributed by atoms with Crippen molar-refractivity contribution in [3.63, 3.8) is 0 Å². The maximum Gasteiger partial charge on any atom is 0.254 e. The van der Waals surface area contributed by atoms with Crippen molar-refractivity contribution < 1.29 is 14.0 Å². The Bertz CT molecular complexity index is 1120. The van der Waals surface area contributed by atoms with Crippen molar-refractivity contribution in [2.75, 3.05) is 18.0 Å². The molecular weight excluding hydrogens is 413 g/mol. The summed E-state index contributed by atoms with van der Waals surface area (Å²) in [6, 6.07) is 7.38. The second kappa shape index (κ2) is 9.29. The first-order valence-electron chi connectivity index (χ1n) is 10.6. The highest BCUT2D eigenvalue weighted by molar-refractivity contribution is 5.87. The minimum Gasteiger partial charge on any atom is -0.356 e. The lowest BCUT2D eigenvalue weighted by Gasteiger charge is -2.34. The van der Waals surface area contributed by atoms with Crippen LogP contribution < -0.4 is 15.5 Å². The molecule has 32 heavy (non-hydrogen) atoms. The van der Waals surface area contributed by atoms with E-state index in [4.69, 9.17) is 0 Å². The second-order valence-corrected chi connectivity index (χ2v) is 8.05. The average molecular weight is 439 g/mol. The molecule has 2 amide bonds. The van der Waals surface area contributed by atoms with Crippen molar-refractivity contribution in [2.45, 2.75) is 45.2 Å². The zero-order valence-corrected chi connectivity index (χ0v) is 18.1. The maximum atomic E-state index is 14.1. The number of hydrogen-bond donors (Lipinski definition) is 2. The molecule has 1 atom stereocenters. The van der Waals surface area contributed by atoms with Gasteiger partial charge < -0.3 is 15.5 Å². The third-order valence-corrected chi connectivity index (χ3v) is 5.60. The minimum atomic E-state index is -0.833. The molecular formula is C22H26FN7O2. The van der Waals surface area contributed by atoms with Gasteiger partial charge in [-0.1, -0.05) is 18.2 Å². The van der Waals surface area contributed by atoms with E-state index in [2.05, 4.69) is 30.6 Å². The number of benzene rings is 1. The molecule has 3 aromatic rings. The molecule has 1 aliphatic rings. The van der Waals surface area contributed by atoms with Crippen LogP contribution in [-0.4, -0.2) is 56.6 Å². The molecule has 168 valence electrons. The van der Waals surface area contributed by atoms with Crippen LogP contribution in [0.2, 0.25) is 0 Å². The molecule has 2 N–H and O–H groups in total. The van der Waals surface area contributed by atoms with Crippen LogP contribution in [0.15, 0.2) is 36.7 Å². The van der Waals surface area contributed by atoms with Gasteiger partial charge in [0, 0.05) is 44.2 Å². The fourth-order valence-corrected chi connectivity index (χ4v) is 4.03. The van der Waals surface area contributed by atoms with Crippen LogP contribution in [0.4, 0.5) is 10.2 Å². The number of piperidine rings is 1. The lowest BCUT2D eigenvalue weighted by molar-refractivity contribution is -0.128. The number of aryl methyl sites for hydroxylation is 1. The monoisotopic (exact) mass is 439 g/mol. The summed E-state index contributed by atoms with van der Waals surface area (Å²) in [5.74, 6) is 0.449. The lowest BCUT2D eigenvalue weighted by Crippen LogP contribution is -2.52. The summed E-state index contributed by atoms with van der Waals surface area (Å²) in [5.41, 5.74) is 1.25.